The average Bonchev–Trinajstić information content (AvgIpc) is 3.07. The van der Waals surface area contributed by atoms with E-state index in [-0.39, 0.29) is 18.0 Å². The Morgan fingerprint density at radius 3 is 2.38 bits per heavy atom. The minimum Gasteiger partial charge on any atom is -0.481 e. The minimum absolute atomic E-state index is 0.0909. The van der Waals surface area contributed by atoms with Crippen molar-refractivity contribution < 1.29 is 14.7 Å². The van der Waals surface area contributed by atoms with Crippen molar-refractivity contribution in [1.29, 1.82) is 0 Å². The van der Waals surface area contributed by atoms with Gasteiger partial charge in [-0.3, -0.25) is 9.59 Å². The smallest absolute Gasteiger partial charge is 0.304 e. The summed E-state index contributed by atoms with van der Waals surface area (Å²) >= 11 is 1.38. The molecule has 6 heteroatoms. The van der Waals surface area contributed by atoms with Gasteiger partial charge in [-0.1, -0.05) is 62.0 Å². The Morgan fingerprint density at radius 2 is 1.68 bits per heavy atom. The summed E-state index contributed by atoms with van der Waals surface area (Å²) in [5.41, 5.74) is 5.81. The second-order valence-electron chi connectivity index (χ2n) is 9.66. The lowest BCUT2D eigenvalue weighted by Crippen LogP contribution is -2.29. The van der Waals surface area contributed by atoms with Gasteiger partial charge in [-0.25, -0.2) is 4.98 Å². The summed E-state index contributed by atoms with van der Waals surface area (Å²) in [6.45, 7) is 10.3. The fourth-order valence-corrected chi connectivity index (χ4v) is 5.48. The van der Waals surface area contributed by atoms with Crippen LogP contribution in [0.25, 0.3) is 21.8 Å². The van der Waals surface area contributed by atoms with Crippen LogP contribution in [0, 0.1) is 26.2 Å². The number of carbonyl (C=O) groups is 2. The van der Waals surface area contributed by atoms with Gasteiger partial charge in [0.25, 0.3) is 0 Å². The summed E-state index contributed by atoms with van der Waals surface area (Å²) in [4.78, 5) is 28.9. The van der Waals surface area contributed by atoms with Crippen LogP contribution in [0.15, 0.2) is 53.7 Å². The van der Waals surface area contributed by atoms with E-state index in [0.29, 0.717) is 6.54 Å². The SMILES string of the molecule is Cc1cc2nc(SCC(=O)C(C)(C)CC(=O)O)n(Cc3cccc4cccc(C)c34)c2cc1C. The molecule has 0 saturated heterocycles. The molecule has 0 saturated carbocycles. The van der Waals surface area contributed by atoms with Crippen LogP contribution in [0.2, 0.25) is 0 Å². The average molecular weight is 475 g/mol. The van der Waals surface area contributed by atoms with Crippen LogP contribution in [-0.4, -0.2) is 32.2 Å². The van der Waals surface area contributed by atoms with Crippen molar-refractivity contribution in [2.75, 3.05) is 5.75 Å². The third-order valence-corrected chi connectivity index (χ3v) is 7.51. The zero-order valence-corrected chi connectivity index (χ0v) is 21.1. The van der Waals surface area contributed by atoms with Crippen LogP contribution >= 0.6 is 11.8 Å². The zero-order valence-electron chi connectivity index (χ0n) is 20.3. The number of benzene rings is 3. The molecule has 4 rings (SSSR count). The van der Waals surface area contributed by atoms with E-state index in [1.807, 2.05) is 0 Å². The second-order valence-corrected chi connectivity index (χ2v) is 10.6. The third-order valence-electron chi connectivity index (χ3n) is 6.54. The third kappa shape index (κ3) is 4.73. The van der Waals surface area contributed by atoms with Crippen LogP contribution in [0.1, 0.15) is 42.5 Å². The molecule has 1 N–H and O–H groups in total. The van der Waals surface area contributed by atoms with Gasteiger partial charge in [0.2, 0.25) is 0 Å². The molecule has 0 atom stereocenters. The van der Waals surface area contributed by atoms with Gasteiger partial charge in [0.15, 0.2) is 5.16 Å². The standard InChI is InChI=1S/C28H30N2O3S/c1-17-8-6-9-20-10-7-11-21(26(17)20)15-30-23-13-19(3)18(2)12-22(23)29-27(30)34-16-24(31)28(4,5)14-25(32)33/h6-13H,14-16H2,1-5H3,(H,32,33). The molecular weight excluding hydrogens is 444 g/mol. The van der Waals surface area contributed by atoms with E-state index in [2.05, 4.69) is 73.9 Å². The number of carboxylic acid groups (broad SMARTS) is 1. The molecule has 4 aromatic rings. The Morgan fingerprint density at radius 1 is 1.00 bits per heavy atom. The number of thioether (sulfide) groups is 1. The van der Waals surface area contributed by atoms with E-state index in [1.54, 1.807) is 13.8 Å². The van der Waals surface area contributed by atoms with Crippen molar-refractivity contribution in [3.05, 3.63) is 70.8 Å². The predicted octanol–water partition coefficient (Wildman–Crippen LogP) is 6.33. The largest absolute Gasteiger partial charge is 0.481 e. The van der Waals surface area contributed by atoms with Gasteiger partial charge < -0.3 is 9.67 Å². The Kier molecular flexibility index (Phi) is 6.54. The number of fused-ring (bicyclic) bond motifs is 2. The topological polar surface area (TPSA) is 72.2 Å². The molecule has 0 aliphatic rings. The molecule has 5 nitrogen and oxygen atoms in total. The quantitative estimate of drug-likeness (QED) is 0.302. The van der Waals surface area contributed by atoms with Crippen molar-refractivity contribution in [3.8, 4) is 0 Å². The predicted molar refractivity (Wildman–Crippen MR) is 139 cm³/mol. The zero-order chi connectivity index (χ0) is 24.6. The summed E-state index contributed by atoms with van der Waals surface area (Å²) in [7, 11) is 0. The van der Waals surface area contributed by atoms with E-state index in [0.717, 1.165) is 16.2 Å². The molecule has 3 aromatic carbocycles. The molecule has 0 bridgehead atoms. The van der Waals surface area contributed by atoms with Crippen LogP contribution in [-0.2, 0) is 16.1 Å². The van der Waals surface area contributed by atoms with Crippen LogP contribution in [0.5, 0.6) is 0 Å². The fraction of sp³-hybridized carbons (Fsp3) is 0.321. The molecule has 176 valence electrons. The molecule has 0 amide bonds. The summed E-state index contributed by atoms with van der Waals surface area (Å²) in [6.07, 6.45) is -0.184. The number of ketones is 1. The molecule has 1 aromatic heterocycles. The lowest BCUT2D eigenvalue weighted by Gasteiger charge is -2.20. The van der Waals surface area contributed by atoms with Gasteiger partial charge >= 0.3 is 5.97 Å². The normalized spacial score (nSPS) is 11.9. The van der Waals surface area contributed by atoms with E-state index >= 15 is 0 Å². The number of carbonyl (C=O) groups excluding carboxylic acids is 1. The molecule has 0 aliphatic heterocycles. The molecular formula is C28H30N2O3S. The van der Waals surface area contributed by atoms with Crippen molar-refractivity contribution in [2.24, 2.45) is 5.41 Å². The highest BCUT2D eigenvalue weighted by Gasteiger charge is 2.30. The summed E-state index contributed by atoms with van der Waals surface area (Å²) in [6, 6.07) is 16.9. The van der Waals surface area contributed by atoms with Gasteiger partial charge in [-0.2, -0.15) is 0 Å². The number of carboxylic acids is 1. The van der Waals surface area contributed by atoms with Crippen LogP contribution in [0.4, 0.5) is 0 Å². The summed E-state index contributed by atoms with van der Waals surface area (Å²) in [5.74, 6) is -0.879. The molecule has 1 heterocycles. The van der Waals surface area contributed by atoms with Crippen molar-refractivity contribution in [1.82, 2.24) is 9.55 Å². The first-order chi connectivity index (χ1) is 16.1. The molecule has 34 heavy (non-hydrogen) atoms. The Balaban J connectivity index is 1.75. The minimum atomic E-state index is -0.965. The maximum Gasteiger partial charge on any atom is 0.304 e. The summed E-state index contributed by atoms with van der Waals surface area (Å²) in [5, 5.41) is 12.4. The monoisotopic (exact) mass is 474 g/mol. The maximum absolute atomic E-state index is 12.9. The first-order valence-electron chi connectivity index (χ1n) is 11.4. The maximum atomic E-state index is 12.9. The number of nitrogens with zero attached hydrogens (tertiary/aromatic N) is 2. The van der Waals surface area contributed by atoms with Crippen molar-refractivity contribution in [2.45, 2.75) is 52.7 Å². The number of imidazole rings is 1. The first-order valence-corrected chi connectivity index (χ1v) is 12.4. The lowest BCUT2D eigenvalue weighted by molar-refractivity contribution is -0.142. The van der Waals surface area contributed by atoms with Crippen molar-refractivity contribution >= 4 is 45.3 Å². The number of aryl methyl sites for hydroxylation is 3. The molecule has 0 unspecified atom stereocenters. The van der Waals surface area contributed by atoms with Gasteiger partial charge in [-0.05, 0) is 65.9 Å². The Bertz CT molecular complexity index is 1410. The van der Waals surface area contributed by atoms with Crippen molar-refractivity contribution in [3.63, 3.8) is 0 Å². The molecule has 0 radical (unpaired) electrons. The fourth-order valence-electron chi connectivity index (χ4n) is 4.34. The van der Waals surface area contributed by atoms with Gasteiger partial charge in [0, 0.05) is 5.41 Å². The number of aromatic nitrogens is 2. The lowest BCUT2D eigenvalue weighted by atomic mass is 9.85. The second kappa shape index (κ2) is 9.26. The van der Waals surface area contributed by atoms with Crippen LogP contribution in [0.3, 0.4) is 0 Å². The molecule has 0 spiro atoms. The van der Waals surface area contributed by atoms with E-state index < -0.39 is 11.4 Å². The summed E-state index contributed by atoms with van der Waals surface area (Å²) < 4.78 is 2.19. The molecule has 0 aliphatic carbocycles. The highest BCUT2D eigenvalue weighted by Crippen LogP contribution is 2.32. The highest BCUT2D eigenvalue weighted by atomic mass is 32.2. The Hall–Kier alpha value is -3.12. The van der Waals surface area contributed by atoms with Gasteiger partial charge in [0.05, 0.1) is 29.8 Å². The highest BCUT2D eigenvalue weighted by molar-refractivity contribution is 7.99. The van der Waals surface area contributed by atoms with Crippen LogP contribution < -0.4 is 0 Å². The number of rotatable bonds is 8. The Labute approximate surface area is 204 Å². The van der Waals surface area contributed by atoms with Gasteiger partial charge in [-0.15, -0.1) is 0 Å². The number of hydrogen-bond acceptors (Lipinski definition) is 4. The van der Waals surface area contributed by atoms with E-state index in [1.165, 1.54) is 44.8 Å². The number of aliphatic carboxylic acids is 1. The van der Waals surface area contributed by atoms with E-state index in [9.17, 15) is 14.7 Å². The molecule has 0 fully saturated rings. The van der Waals surface area contributed by atoms with E-state index in [4.69, 9.17) is 4.98 Å². The number of Topliss-reactive ketones (excluding diaryl/α,β-unsaturated/α-hetero) is 1. The number of hydrogen-bond donors (Lipinski definition) is 1. The first kappa shape index (κ1) is 24.0. The van der Waals surface area contributed by atoms with Gasteiger partial charge in [0.1, 0.15) is 5.78 Å².